The van der Waals surface area contributed by atoms with E-state index in [1.807, 2.05) is 0 Å². The topological polar surface area (TPSA) is 65.3 Å². The van der Waals surface area contributed by atoms with Crippen LogP contribution in [0.4, 0.5) is 5.69 Å². The van der Waals surface area contributed by atoms with Gasteiger partial charge < -0.3 is 4.74 Å². The van der Waals surface area contributed by atoms with Crippen molar-refractivity contribution in [3.63, 3.8) is 0 Å². The number of ether oxygens (including phenoxy) is 1. The summed E-state index contributed by atoms with van der Waals surface area (Å²) >= 11 is 23.1. The summed E-state index contributed by atoms with van der Waals surface area (Å²) in [5.41, 5.74) is -0.279. The molecule has 0 amide bonds. The fourth-order valence-corrected chi connectivity index (χ4v) is 2.02. The molecule has 0 saturated carbocycles. The number of nitrogens with zero attached hydrogens (tertiary/aromatic N) is 2. The van der Waals surface area contributed by atoms with Crippen molar-refractivity contribution in [1.82, 2.24) is 4.98 Å². The van der Waals surface area contributed by atoms with Crippen LogP contribution in [0.5, 0.6) is 11.6 Å². The maximum atomic E-state index is 10.9. The predicted octanol–water partition coefficient (Wildman–Crippen LogP) is 5.40. The fourth-order valence-electron chi connectivity index (χ4n) is 1.32. The normalized spacial score (nSPS) is 10.4. The lowest BCUT2D eigenvalue weighted by atomic mass is 10.3. The van der Waals surface area contributed by atoms with E-state index in [1.54, 1.807) is 0 Å². The van der Waals surface area contributed by atoms with Crippen LogP contribution in [0, 0.1) is 10.1 Å². The van der Waals surface area contributed by atoms with Gasteiger partial charge in [0, 0.05) is 17.2 Å². The number of nitro benzene ring substituents is 1. The van der Waals surface area contributed by atoms with Gasteiger partial charge in [-0.05, 0) is 12.1 Å². The van der Waals surface area contributed by atoms with Gasteiger partial charge in [0.25, 0.3) is 0 Å². The van der Waals surface area contributed by atoms with E-state index < -0.39 is 4.92 Å². The summed E-state index contributed by atoms with van der Waals surface area (Å²) in [6.45, 7) is 0. The first-order valence-corrected chi connectivity index (χ1v) is 6.53. The molecule has 20 heavy (non-hydrogen) atoms. The second kappa shape index (κ2) is 6.01. The molecule has 0 radical (unpaired) electrons. The quantitative estimate of drug-likeness (QED) is 0.421. The predicted molar refractivity (Wildman–Crippen MR) is 77.4 cm³/mol. The van der Waals surface area contributed by atoms with E-state index >= 15 is 0 Å². The third-order valence-electron chi connectivity index (χ3n) is 2.18. The first-order valence-electron chi connectivity index (χ1n) is 5.02. The van der Waals surface area contributed by atoms with Gasteiger partial charge in [0.05, 0.1) is 9.95 Å². The molecule has 0 saturated heterocycles. The Labute approximate surface area is 133 Å². The Morgan fingerprint density at radius 3 is 2.45 bits per heavy atom. The SMILES string of the molecule is O=[N+]([O-])c1ccc(Cl)cc1Oc1nc(Cl)c(Cl)cc1Cl. The third-order valence-corrected chi connectivity index (χ3v) is 3.36. The zero-order valence-electron chi connectivity index (χ0n) is 9.44. The fraction of sp³-hybridized carbons (Fsp3) is 0. The second-order valence-corrected chi connectivity index (χ2v) is 5.13. The van der Waals surface area contributed by atoms with Gasteiger partial charge in [0.15, 0.2) is 5.15 Å². The third kappa shape index (κ3) is 3.24. The average molecular weight is 354 g/mol. The van der Waals surface area contributed by atoms with Crippen molar-refractivity contribution in [2.75, 3.05) is 0 Å². The molecule has 0 fully saturated rings. The van der Waals surface area contributed by atoms with E-state index in [-0.39, 0.29) is 37.5 Å². The van der Waals surface area contributed by atoms with E-state index in [0.29, 0.717) is 0 Å². The standard InChI is InChI=1S/C11H4Cl4N2O3/c12-5-1-2-8(17(18)19)9(3-5)20-11-7(14)4-6(13)10(15)16-11/h1-4H. The van der Waals surface area contributed by atoms with Gasteiger partial charge in [-0.25, -0.2) is 0 Å². The van der Waals surface area contributed by atoms with Gasteiger partial charge in [0.2, 0.25) is 11.6 Å². The first kappa shape index (κ1) is 15.1. The summed E-state index contributed by atoms with van der Waals surface area (Å²) in [7, 11) is 0. The number of aromatic nitrogens is 1. The number of halogens is 4. The Hall–Kier alpha value is -1.27. The summed E-state index contributed by atoms with van der Waals surface area (Å²) in [5, 5.41) is 11.4. The van der Waals surface area contributed by atoms with Crippen molar-refractivity contribution in [3.8, 4) is 11.6 Å². The Bertz CT molecular complexity index is 694. The molecule has 0 spiro atoms. The van der Waals surface area contributed by atoms with Crippen LogP contribution in [0.1, 0.15) is 0 Å². The van der Waals surface area contributed by atoms with Crippen LogP contribution in [0.15, 0.2) is 24.3 Å². The Morgan fingerprint density at radius 1 is 1.10 bits per heavy atom. The molecular weight excluding hydrogens is 350 g/mol. The van der Waals surface area contributed by atoms with Gasteiger partial charge in [0.1, 0.15) is 5.02 Å². The Kier molecular flexibility index (Phi) is 4.55. The molecule has 2 aromatic rings. The molecule has 5 nitrogen and oxygen atoms in total. The Morgan fingerprint density at radius 2 is 1.80 bits per heavy atom. The molecule has 0 N–H and O–H groups in total. The van der Waals surface area contributed by atoms with E-state index in [1.165, 1.54) is 24.3 Å². The zero-order valence-corrected chi connectivity index (χ0v) is 12.5. The lowest BCUT2D eigenvalue weighted by molar-refractivity contribution is -0.385. The van der Waals surface area contributed by atoms with Gasteiger partial charge in [-0.3, -0.25) is 10.1 Å². The molecule has 0 aliphatic rings. The second-order valence-electron chi connectivity index (χ2n) is 3.52. The van der Waals surface area contributed by atoms with Gasteiger partial charge in [-0.2, -0.15) is 4.98 Å². The van der Waals surface area contributed by atoms with E-state index in [0.717, 1.165) is 0 Å². The number of hydrogen-bond donors (Lipinski definition) is 0. The summed E-state index contributed by atoms with van der Waals surface area (Å²) < 4.78 is 5.31. The number of benzene rings is 1. The van der Waals surface area contributed by atoms with Gasteiger partial charge in [-0.1, -0.05) is 46.4 Å². The van der Waals surface area contributed by atoms with Crippen LogP contribution in [-0.4, -0.2) is 9.91 Å². The molecular formula is C11H4Cl4N2O3. The molecule has 0 unspecified atom stereocenters. The van der Waals surface area contributed by atoms with Crippen molar-refractivity contribution in [1.29, 1.82) is 0 Å². The highest BCUT2D eigenvalue weighted by atomic mass is 35.5. The molecule has 104 valence electrons. The molecule has 0 bridgehead atoms. The monoisotopic (exact) mass is 352 g/mol. The first-order chi connectivity index (χ1) is 9.38. The summed E-state index contributed by atoms with van der Waals surface area (Å²) in [6, 6.07) is 5.18. The minimum atomic E-state index is -0.614. The summed E-state index contributed by atoms with van der Waals surface area (Å²) in [4.78, 5) is 14.1. The minimum absolute atomic E-state index is 0.0317. The number of hydrogen-bond acceptors (Lipinski definition) is 4. The van der Waals surface area contributed by atoms with Gasteiger partial charge in [-0.15, -0.1) is 0 Å². The lowest BCUT2D eigenvalue weighted by Crippen LogP contribution is -1.95. The van der Waals surface area contributed by atoms with Crippen molar-refractivity contribution in [3.05, 3.63) is 54.6 Å². The molecule has 9 heteroatoms. The van der Waals surface area contributed by atoms with Crippen LogP contribution in [0.3, 0.4) is 0 Å². The van der Waals surface area contributed by atoms with Crippen molar-refractivity contribution < 1.29 is 9.66 Å². The molecule has 1 aromatic carbocycles. The maximum Gasteiger partial charge on any atom is 0.311 e. The molecule has 1 aromatic heterocycles. The lowest BCUT2D eigenvalue weighted by Gasteiger charge is -2.08. The largest absolute Gasteiger partial charge is 0.430 e. The highest BCUT2D eigenvalue weighted by Crippen LogP contribution is 2.37. The van der Waals surface area contributed by atoms with E-state index in [2.05, 4.69) is 4.98 Å². The van der Waals surface area contributed by atoms with Crippen molar-refractivity contribution in [2.45, 2.75) is 0 Å². The average Bonchev–Trinajstić information content (AvgIpc) is 2.35. The molecule has 2 rings (SSSR count). The van der Waals surface area contributed by atoms with Crippen molar-refractivity contribution in [2.24, 2.45) is 0 Å². The molecule has 0 aliphatic carbocycles. The smallest absolute Gasteiger partial charge is 0.311 e. The number of nitro groups is 1. The maximum absolute atomic E-state index is 10.9. The molecule has 1 heterocycles. The molecule has 0 atom stereocenters. The van der Waals surface area contributed by atoms with Crippen LogP contribution >= 0.6 is 46.4 Å². The molecule has 0 aliphatic heterocycles. The van der Waals surface area contributed by atoms with Crippen LogP contribution < -0.4 is 4.74 Å². The number of pyridine rings is 1. The van der Waals surface area contributed by atoms with Crippen molar-refractivity contribution >= 4 is 52.1 Å². The van der Waals surface area contributed by atoms with Crippen LogP contribution in [-0.2, 0) is 0 Å². The zero-order chi connectivity index (χ0) is 14.9. The summed E-state index contributed by atoms with van der Waals surface area (Å²) in [5.74, 6) is -0.207. The Balaban J connectivity index is 2.47. The van der Waals surface area contributed by atoms with E-state index in [4.69, 9.17) is 51.1 Å². The number of rotatable bonds is 3. The van der Waals surface area contributed by atoms with Gasteiger partial charge >= 0.3 is 5.69 Å². The highest BCUT2D eigenvalue weighted by Gasteiger charge is 2.19. The van der Waals surface area contributed by atoms with Crippen LogP contribution in [0.25, 0.3) is 0 Å². The van der Waals surface area contributed by atoms with E-state index in [9.17, 15) is 10.1 Å². The highest BCUT2D eigenvalue weighted by molar-refractivity contribution is 6.42. The minimum Gasteiger partial charge on any atom is -0.430 e. The van der Waals surface area contributed by atoms with Crippen LogP contribution in [0.2, 0.25) is 20.2 Å². The summed E-state index contributed by atoms with van der Waals surface area (Å²) in [6.07, 6.45) is 0.